The van der Waals surface area contributed by atoms with E-state index in [1.807, 2.05) is 19.1 Å². The van der Waals surface area contributed by atoms with Gasteiger partial charge in [0.15, 0.2) is 0 Å². The minimum Gasteiger partial charge on any atom is -0.397 e. The average molecular weight is 269 g/mol. The summed E-state index contributed by atoms with van der Waals surface area (Å²) in [6.07, 6.45) is 0. The molecule has 1 aromatic heterocycles. The predicted octanol–water partition coefficient (Wildman–Crippen LogP) is 3.53. The Bertz CT molecular complexity index is 632. The van der Waals surface area contributed by atoms with E-state index in [4.69, 9.17) is 5.73 Å². The van der Waals surface area contributed by atoms with Crippen LogP contribution in [0.15, 0.2) is 24.3 Å². The molecule has 3 nitrogen and oxygen atoms in total. The van der Waals surface area contributed by atoms with Crippen LogP contribution in [0.1, 0.15) is 27.9 Å². The summed E-state index contributed by atoms with van der Waals surface area (Å²) < 4.78 is 0. The zero-order valence-corrected chi connectivity index (χ0v) is 13.0. The number of hydrogen-bond donors (Lipinski definition) is 1. The number of benzene rings is 1. The molecule has 0 saturated heterocycles. The van der Waals surface area contributed by atoms with Gasteiger partial charge in [-0.25, -0.2) is 4.98 Å². The molecule has 3 heteroatoms. The molecule has 1 aromatic carbocycles. The van der Waals surface area contributed by atoms with Crippen LogP contribution >= 0.6 is 0 Å². The highest BCUT2D eigenvalue weighted by Gasteiger charge is 2.08. The zero-order chi connectivity index (χ0) is 14.9. The second kappa shape index (κ2) is 5.53. The number of anilines is 2. The van der Waals surface area contributed by atoms with Crippen molar-refractivity contribution in [3.63, 3.8) is 0 Å². The predicted molar refractivity (Wildman–Crippen MR) is 86.1 cm³/mol. The van der Waals surface area contributed by atoms with Gasteiger partial charge in [-0.1, -0.05) is 12.1 Å². The molecule has 0 amide bonds. The van der Waals surface area contributed by atoms with Gasteiger partial charge in [0.25, 0.3) is 0 Å². The third-order valence-corrected chi connectivity index (χ3v) is 3.86. The molecular formula is C17H23N3. The normalized spacial score (nSPS) is 10.7. The second-order valence-corrected chi connectivity index (χ2v) is 5.56. The molecular weight excluding hydrogens is 246 g/mol. The lowest BCUT2D eigenvalue weighted by atomic mass is 10.0. The molecule has 0 saturated carbocycles. The van der Waals surface area contributed by atoms with Gasteiger partial charge in [-0.05, 0) is 62.1 Å². The monoisotopic (exact) mass is 269 g/mol. The highest BCUT2D eigenvalue weighted by molar-refractivity contribution is 5.50. The summed E-state index contributed by atoms with van der Waals surface area (Å²) in [5.74, 6) is 0.953. The Kier molecular flexibility index (Phi) is 3.98. The van der Waals surface area contributed by atoms with Crippen LogP contribution in [-0.4, -0.2) is 12.0 Å². The Morgan fingerprint density at radius 3 is 2.30 bits per heavy atom. The summed E-state index contributed by atoms with van der Waals surface area (Å²) in [7, 11) is 2.06. The van der Waals surface area contributed by atoms with E-state index in [9.17, 15) is 0 Å². The van der Waals surface area contributed by atoms with Crippen molar-refractivity contribution in [2.75, 3.05) is 17.7 Å². The highest BCUT2D eigenvalue weighted by atomic mass is 15.2. The van der Waals surface area contributed by atoms with Gasteiger partial charge in [0, 0.05) is 13.6 Å². The van der Waals surface area contributed by atoms with Crippen molar-refractivity contribution in [2.45, 2.75) is 34.2 Å². The van der Waals surface area contributed by atoms with Crippen LogP contribution < -0.4 is 10.6 Å². The molecule has 20 heavy (non-hydrogen) atoms. The van der Waals surface area contributed by atoms with Gasteiger partial charge < -0.3 is 10.6 Å². The number of nitrogens with two attached hydrogens (primary N) is 1. The smallest absolute Gasteiger partial charge is 0.128 e. The fourth-order valence-corrected chi connectivity index (χ4v) is 2.30. The van der Waals surface area contributed by atoms with Gasteiger partial charge in [-0.15, -0.1) is 0 Å². The van der Waals surface area contributed by atoms with Crippen molar-refractivity contribution in [3.8, 4) is 0 Å². The molecule has 106 valence electrons. The quantitative estimate of drug-likeness (QED) is 0.926. The minimum absolute atomic E-state index is 0.740. The minimum atomic E-state index is 0.740. The van der Waals surface area contributed by atoms with E-state index < -0.39 is 0 Å². The number of rotatable bonds is 3. The van der Waals surface area contributed by atoms with E-state index in [0.29, 0.717) is 0 Å². The fourth-order valence-electron chi connectivity index (χ4n) is 2.30. The van der Waals surface area contributed by atoms with Gasteiger partial charge in [0.2, 0.25) is 0 Å². The van der Waals surface area contributed by atoms with Gasteiger partial charge in [0.1, 0.15) is 5.82 Å². The summed E-state index contributed by atoms with van der Waals surface area (Å²) in [5.41, 5.74) is 12.8. The summed E-state index contributed by atoms with van der Waals surface area (Å²) >= 11 is 0. The van der Waals surface area contributed by atoms with Crippen molar-refractivity contribution in [3.05, 3.63) is 52.2 Å². The zero-order valence-electron chi connectivity index (χ0n) is 13.0. The topological polar surface area (TPSA) is 42.1 Å². The summed E-state index contributed by atoms with van der Waals surface area (Å²) in [6.45, 7) is 9.26. The Balaban J connectivity index is 2.25. The van der Waals surface area contributed by atoms with Crippen molar-refractivity contribution in [2.24, 2.45) is 0 Å². The number of nitrogen functional groups attached to an aromatic ring is 1. The molecule has 1 heterocycles. The second-order valence-electron chi connectivity index (χ2n) is 5.56. The van der Waals surface area contributed by atoms with Crippen LogP contribution in [0.2, 0.25) is 0 Å². The van der Waals surface area contributed by atoms with E-state index in [-0.39, 0.29) is 0 Å². The van der Waals surface area contributed by atoms with Gasteiger partial charge in [0.05, 0.1) is 11.4 Å². The maximum atomic E-state index is 5.82. The fraction of sp³-hybridized carbons (Fsp3) is 0.353. The Hall–Kier alpha value is -2.03. The molecule has 0 spiro atoms. The van der Waals surface area contributed by atoms with E-state index in [0.717, 1.165) is 23.7 Å². The standard InChI is InChI=1S/C17H23N3/c1-11-8-13(3)15(9-12(11)2)10-20(5)17-7-6-16(18)14(4)19-17/h6-9H,10,18H2,1-5H3. The number of pyridine rings is 1. The molecule has 0 unspecified atom stereocenters. The lowest BCUT2D eigenvalue weighted by Gasteiger charge is -2.21. The third kappa shape index (κ3) is 2.93. The Labute approximate surface area is 121 Å². The van der Waals surface area contributed by atoms with Crippen molar-refractivity contribution in [1.29, 1.82) is 0 Å². The van der Waals surface area contributed by atoms with Crippen molar-refractivity contribution < 1.29 is 0 Å². The van der Waals surface area contributed by atoms with Crippen LogP contribution in [0.4, 0.5) is 11.5 Å². The molecule has 0 bridgehead atoms. The van der Waals surface area contributed by atoms with Crippen LogP contribution in [0.3, 0.4) is 0 Å². The Morgan fingerprint density at radius 1 is 1.00 bits per heavy atom. The van der Waals surface area contributed by atoms with Gasteiger partial charge in [-0.3, -0.25) is 0 Å². The van der Waals surface area contributed by atoms with E-state index in [1.165, 1.54) is 22.3 Å². The first kappa shape index (κ1) is 14.4. The summed E-state index contributed by atoms with van der Waals surface area (Å²) in [6, 6.07) is 8.41. The first-order valence-corrected chi connectivity index (χ1v) is 6.89. The molecule has 2 N–H and O–H groups in total. The largest absolute Gasteiger partial charge is 0.397 e. The number of aryl methyl sites for hydroxylation is 4. The van der Waals surface area contributed by atoms with E-state index in [1.54, 1.807) is 0 Å². The maximum Gasteiger partial charge on any atom is 0.128 e. The molecule has 0 atom stereocenters. The van der Waals surface area contributed by atoms with E-state index >= 15 is 0 Å². The summed E-state index contributed by atoms with van der Waals surface area (Å²) in [4.78, 5) is 6.70. The average Bonchev–Trinajstić information content (AvgIpc) is 2.39. The van der Waals surface area contributed by atoms with Gasteiger partial charge >= 0.3 is 0 Å². The van der Waals surface area contributed by atoms with Gasteiger partial charge in [-0.2, -0.15) is 0 Å². The molecule has 0 fully saturated rings. The van der Waals surface area contributed by atoms with Crippen molar-refractivity contribution in [1.82, 2.24) is 4.98 Å². The molecule has 0 aliphatic heterocycles. The maximum absolute atomic E-state index is 5.82. The SMILES string of the molecule is Cc1cc(C)c(CN(C)c2ccc(N)c(C)n2)cc1C. The lowest BCUT2D eigenvalue weighted by molar-refractivity contribution is 0.884. The lowest BCUT2D eigenvalue weighted by Crippen LogP contribution is -2.19. The summed E-state index contributed by atoms with van der Waals surface area (Å²) in [5, 5.41) is 0. The van der Waals surface area contributed by atoms with E-state index in [2.05, 4.69) is 49.8 Å². The Morgan fingerprint density at radius 2 is 1.65 bits per heavy atom. The molecule has 0 radical (unpaired) electrons. The number of aromatic nitrogens is 1. The first-order valence-electron chi connectivity index (χ1n) is 6.89. The molecule has 0 aliphatic carbocycles. The molecule has 2 rings (SSSR count). The third-order valence-electron chi connectivity index (χ3n) is 3.86. The van der Waals surface area contributed by atoms with Crippen molar-refractivity contribution >= 4 is 11.5 Å². The molecule has 0 aliphatic rings. The van der Waals surface area contributed by atoms with Crippen LogP contribution in [0, 0.1) is 27.7 Å². The highest BCUT2D eigenvalue weighted by Crippen LogP contribution is 2.20. The first-order chi connectivity index (χ1) is 9.38. The molecule has 2 aromatic rings. The number of hydrogen-bond acceptors (Lipinski definition) is 3. The van der Waals surface area contributed by atoms with Crippen LogP contribution in [0.5, 0.6) is 0 Å². The number of nitrogens with zero attached hydrogens (tertiary/aromatic N) is 2. The van der Waals surface area contributed by atoms with Crippen LogP contribution in [0.25, 0.3) is 0 Å². The van der Waals surface area contributed by atoms with Crippen LogP contribution in [-0.2, 0) is 6.54 Å².